The number of H-pyrrole nitrogens is 1. The molecule has 0 spiro atoms. The van der Waals surface area contributed by atoms with Crippen LogP contribution < -0.4 is 15.0 Å². The Morgan fingerprint density at radius 1 is 1.33 bits per heavy atom. The molecule has 0 unspecified atom stereocenters. The Balaban J connectivity index is 1.82. The van der Waals surface area contributed by atoms with Gasteiger partial charge in [0.2, 0.25) is 10.8 Å². The molecule has 0 atom stereocenters. The number of benzene rings is 1. The van der Waals surface area contributed by atoms with Gasteiger partial charge >= 0.3 is 11.3 Å². The van der Waals surface area contributed by atoms with Crippen LogP contribution in [-0.4, -0.2) is 38.7 Å². The molecule has 1 N–H and O–H groups in total. The molecule has 0 saturated carbocycles. The number of ether oxygens (including phenoxy) is 1. The Labute approximate surface area is 139 Å². The predicted molar refractivity (Wildman–Crippen MR) is 84.8 cm³/mol. The van der Waals surface area contributed by atoms with Crippen molar-refractivity contribution < 1.29 is 13.9 Å². The first-order chi connectivity index (χ1) is 11.7. The van der Waals surface area contributed by atoms with Crippen LogP contribution in [0.15, 0.2) is 43.8 Å². The summed E-state index contributed by atoms with van der Waals surface area (Å²) in [6.07, 6.45) is 0. The van der Waals surface area contributed by atoms with E-state index in [0.29, 0.717) is 28.1 Å². The van der Waals surface area contributed by atoms with Gasteiger partial charge in [0, 0.05) is 12.1 Å². The molecule has 3 aromatic rings. The van der Waals surface area contributed by atoms with Gasteiger partial charge in [0.25, 0.3) is 0 Å². The number of thioether (sulfide) groups is 1. The molecule has 0 saturated heterocycles. The smallest absolute Gasteiger partial charge is 0.437 e. The Hall–Kier alpha value is -2.88. The molecule has 0 bridgehead atoms. The second kappa shape index (κ2) is 5.64. The maximum atomic E-state index is 12.2. The van der Waals surface area contributed by atoms with Gasteiger partial charge in [-0.1, -0.05) is 11.8 Å². The molecule has 0 fully saturated rings. The van der Waals surface area contributed by atoms with Crippen molar-refractivity contribution in [2.75, 3.05) is 12.9 Å². The fourth-order valence-corrected chi connectivity index (χ4v) is 3.23. The van der Waals surface area contributed by atoms with E-state index in [-0.39, 0.29) is 0 Å². The van der Waals surface area contributed by atoms with Crippen LogP contribution >= 0.6 is 11.8 Å². The average molecular weight is 345 g/mol. The highest BCUT2D eigenvalue weighted by Gasteiger charge is 2.32. The van der Waals surface area contributed by atoms with E-state index in [9.17, 15) is 4.79 Å². The van der Waals surface area contributed by atoms with E-state index in [1.54, 1.807) is 35.5 Å². The molecular formula is C14H13N6O3S+. The minimum absolute atomic E-state index is 0.339. The number of methoxy groups -OCH3 is 1. The largest absolute Gasteiger partial charge is 0.497 e. The average Bonchev–Trinajstić information content (AvgIpc) is 3.18. The molecule has 122 valence electrons. The highest BCUT2D eigenvalue weighted by atomic mass is 32.2. The predicted octanol–water partition coefficient (Wildman–Crippen LogP) is 0.511. The summed E-state index contributed by atoms with van der Waals surface area (Å²) in [4.78, 5) is 12.2. The molecule has 0 amide bonds. The van der Waals surface area contributed by atoms with Gasteiger partial charge in [0.15, 0.2) is 11.5 Å². The van der Waals surface area contributed by atoms with Crippen LogP contribution in [0.4, 0.5) is 0 Å². The minimum Gasteiger partial charge on any atom is -0.497 e. The molecule has 3 heterocycles. The molecule has 0 radical (unpaired) electrons. The van der Waals surface area contributed by atoms with Crippen molar-refractivity contribution in [1.82, 2.24) is 20.1 Å². The second-order valence-electron chi connectivity index (χ2n) is 5.04. The van der Waals surface area contributed by atoms with Gasteiger partial charge < -0.3 is 4.74 Å². The topological polar surface area (TPSA) is 102 Å². The van der Waals surface area contributed by atoms with Crippen molar-refractivity contribution in [2.45, 2.75) is 12.1 Å². The van der Waals surface area contributed by atoms with Crippen molar-refractivity contribution >= 4 is 17.5 Å². The molecule has 1 aliphatic rings. The zero-order chi connectivity index (χ0) is 16.7. The molecule has 9 nitrogen and oxygen atoms in total. The summed E-state index contributed by atoms with van der Waals surface area (Å²) < 4.78 is 13.3. The minimum atomic E-state index is -0.487. The van der Waals surface area contributed by atoms with Crippen LogP contribution in [0.3, 0.4) is 0 Å². The maximum Gasteiger partial charge on any atom is 0.437 e. The van der Waals surface area contributed by atoms with Gasteiger partial charge in [-0.15, -0.1) is 10.2 Å². The first-order valence-electron chi connectivity index (χ1n) is 7.08. The SMILES string of the molecule is COc1ccc(-[n+]2[nH]oc(=O)c2C2=Nn3c(C)nnc3SC2)cc1. The van der Waals surface area contributed by atoms with E-state index in [4.69, 9.17) is 9.26 Å². The fraction of sp³-hybridized carbons (Fsp3) is 0.214. The van der Waals surface area contributed by atoms with Crippen molar-refractivity contribution in [3.63, 3.8) is 0 Å². The van der Waals surface area contributed by atoms with E-state index in [1.165, 1.54) is 11.8 Å². The van der Waals surface area contributed by atoms with Gasteiger partial charge in [-0.25, -0.2) is 4.79 Å². The van der Waals surface area contributed by atoms with Gasteiger partial charge in [-0.05, 0) is 29.0 Å². The number of aromatic nitrogens is 5. The summed E-state index contributed by atoms with van der Waals surface area (Å²) in [7, 11) is 1.60. The number of aromatic amines is 1. The van der Waals surface area contributed by atoms with Gasteiger partial charge in [0.1, 0.15) is 5.75 Å². The van der Waals surface area contributed by atoms with Crippen molar-refractivity contribution in [3.05, 3.63) is 46.2 Å². The second-order valence-corrected chi connectivity index (χ2v) is 5.98. The van der Waals surface area contributed by atoms with Crippen molar-refractivity contribution in [3.8, 4) is 11.4 Å². The third-order valence-corrected chi connectivity index (χ3v) is 4.51. The lowest BCUT2D eigenvalue weighted by molar-refractivity contribution is -0.671. The fourth-order valence-electron chi connectivity index (χ4n) is 2.37. The number of nitrogens with one attached hydrogen (secondary N) is 1. The molecule has 1 aromatic carbocycles. The number of aryl methyl sites for hydroxylation is 1. The molecule has 1 aliphatic heterocycles. The number of nitrogens with zero attached hydrogens (tertiary/aromatic N) is 5. The van der Waals surface area contributed by atoms with Crippen LogP contribution in [0.5, 0.6) is 5.75 Å². The summed E-state index contributed by atoms with van der Waals surface area (Å²) in [5.74, 6) is 1.88. The highest BCUT2D eigenvalue weighted by Crippen LogP contribution is 2.22. The van der Waals surface area contributed by atoms with E-state index >= 15 is 0 Å². The summed E-state index contributed by atoms with van der Waals surface area (Å²) in [5.41, 5.74) is 1.17. The van der Waals surface area contributed by atoms with Crippen LogP contribution in [0, 0.1) is 6.92 Å². The molecule has 0 aliphatic carbocycles. The maximum absolute atomic E-state index is 12.2. The Morgan fingerprint density at radius 2 is 2.12 bits per heavy atom. The normalized spacial score (nSPS) is 13.5. The number of rotatable bonds is 3. The quantitative estimate of drug-likeness (QED) is 0.694. The summed E-state index contributed by atoms with van der Waals surface area (Å²) >= 11 is 1.47. The Bertz CT molecular complexity index is 985. The number of hydrogen-bond acceptors (Lipinski definition) is 7. The Morgan fingerprint density at radius 3 is 2.88 bits per heavy atom. The van der Waals surface area contributed by atoms with Crippen LogP contribution in [-0.2, 0) is 0 Å². The summed E-state index contributed by atoms with van der Waals surface area (Å²) in [5, 5.41) is 15.8. The van der Waals surface area contributed by atoms with E-state index in [0.717, 1.165) is 11.4 Å². The van der Waals surface area contributed by atoms with Crippen LogP contribution in [0.1, 0.15) is 11.5 Å². The van der Waals surface area contributed by atoms with E-state index in [2.05, 4.69) is 20.6 Å². The molecule has 10 heteroatoms. The molecule has 4 rings (SSSR count). The van der Waals surface area contributed by atoms with Crippen LogP contribution in [0.2, 0.25) is 0 Å². The van der Waals surface area contributed by atoms with Gasteiger partial charge in [0.05, 0.1) is 12.9 Å². The third kappa shape index (κ3) is 2.31. The van der Waals surface area contributed by atoms with Crippen molar-refractivity contribution in [2.24, 2.45) is 5.10 Å². The standard InChI is InChI=1S/C14H12N6O3S/c1-8-15-16-14-19(8)17-11(7-24-14)12-13(21)23-18-20(12)9-3-5-10(22-2)6-4-9/h3-6H,7H2,1-2H3/p+1. The van der Waals surface area contributed by atoms with E-state index in [1.807, 2.05) is 12.1 Å². The number of hydrogen-bond donors (Lipinski definition) is 1. The third-order valence-electron chi connectivity index (χ3n) is 3.58. The lowest BCUT2D eigenvalue weighted by atomic mass is 10.2. The first-order valence-corrected chi connectivity index (χ1v) is 8.07. The zero-order valence-electron chi connectivity index (χ0n) is 12.9. The van der Waals surface area contributed by atoms with Gasteiger partial charge in [-0.2, -0.15) is 9.78 Å². The van der Waals surface area contributed by atoms with E-state index < -0.39 is 5.63 Å². The molecule has 24 heavy (non-hydrogen) atoms. The lowest BCUT2D eigenvalue weighted by Gasteiger charge is -2.09. The summed E-state index contributed by atoms with van der Waals surface area (Å²) in [6, 6.07) is 7.24. The molecule has 2 aromatic heterocycles. The number of fused-ring (bicyclic) bond motifs is 1. The van der Waals surface area contributed by atoms with Crippen LogP contribution in [0.25, 0.3) is 5.69 Å². The first kappa shape index (κ1) is 14.7. The zero-order valence-corrected chi connectivity index (χ0v) is 13.7. The van der Waals surface area contributed by atoms with Crippen molar-refractivity contribution in [1.29, 1.82) is 0 Å². The molecular weight excluding hydrogens is 332 g/mol. The van der Waals surface area contributed by atoms with Gasteiger partial charge in [-0.3, -0.25) is 4.52 Å². The lowest BCUT2D eigenvalue weighted by Crippen LogP contribution is -2.42. The monoisotopic (exact) mass is 345 g/mol. The Kier molecular flexibility index (Phi) is 3.45. The summed E-state index contributed by atoms with van der Waals surface area (Å²) in [6.45, 7) is 1.81. The highest BCUT2D eigenvalue weighted by molar-refractivity contribution is 7.99.